The molecule has 1 aliphatic rings. The molecule has 1 saturated carbocycles. The van der Waals surface area contributed by atoms with Crippen LogP contribution in [0.5, 0.6) is 0 Å². The summed E-state index contributed by atoms with van der Waals surface area (Å²) < 4.78 is 5.92. The minimum Gasteiger partial charge on any atom is -0.459 e. The smallest absolute Gasteiger partial charge is 0.312 e. The number of hydrogen-bond acceptors (Lipinski definition) is 2. The van der Waals surface area contributed by atoms with Gasteiger partial charge < -0.3 is 4.74 Å². The van der Waals surface area contributed by atoms with Crippen molar-refractivity contribution < 1.29 is 9.53 Å². The lowest BCUT2D eigenvalue weighted by atomic mass is 9.77. The lowest BCUT2D eigenvalue weighted by molar-refractivity contribution is -0.176. The molecule has 0 radical (unpaired) electrons. The minimum absolute atomic E-state index is 0.0176. The average Bonchev–Trinajstić information content (AvgIpc) is 2.29. The second-order valence-corrected chi connectivity index (χ2v) is 6.37. The van der Waals surface area contributed by atoms with Gasteiger partial charge in [0.1, 0.15) is 5.60 Å². The van der Waals surface area contributed by atoms with Crippen molar-refractivity contribution in [2.45, 2.75) is 78.7 Å². The molecule has 2 nitrogen and oxygen atoms in total. The van der Waals surface area contributed by atoms with Gasteiger partial charge in [0, 0.05) is 0 Å². The van der Waals surface area contributed by atoms with E-state index in [-0.39, 0.29) is 17.0 Å². The van der Waals surface area contributed by atoms with E-state index in [1.54, 1.807) is 0 Å². The number of carbonyl (C=O) groups excluding carboxylic acids is 1. The number of rotatable bonds is 4. The van der Waals surface area contributed by atoms with Crippen LogP contribution < -0.4 is 0 Å². The van der Waals surface area contributed by atoms with Crippen LogP contribution >= 0.6 is 0 Å². The van der Waals surface area contributed by atoms with Crippen LogP contribution in [0.2, 0.25) is 0 Å². The maximum atomic E-state index is 12.2. The zero-order valence-electron chi connectivity index (χ0n) is 12.1. The Morgan fingerprint density at radius 1 is 1.41 bits per heavy atom. The van der Waals surface area contributed by atoms with E-state index in [0.29, 0.717) is 5.92 Å². The van der Waals surface area contributed by atoms with Gasteiger partial charge in [-0.2, -0.15) is 0 Å². The maximum absolute atomic E-state index is 12.2. The Hall–Kier alpha value is -0.530. The van der Waals surface area contributed by atoms with Crippen LogP contribution in [0.4, 0.5) is 0 Å². The topological polar surface area (TPSA) is 26.3 Å². The van der Waals surface area contributed by atoms with Gasteiger partial charge in [0.25, 0.3) is 0 Å². The van der Waals surface area contributed by atoms with Crippen molar-refractivity contribution >= 4 is 5.97 Å². The van der Waals surface area contributed by atoms with Gasteiger partial charge >= 0.3 is 5.97 Å². The lowest BCUT2D eigenvalue weighted by Crippen LogP contribution is -2.42. The van der Waals surface area contributed by atoms with Crippen molar-refractivity contribution in [1.29, 1.82) is 0 Å². The van der Waals surface area contributed by atoms with Crippen molar-refractivity contribution in [3.8, 4) is 0 Å². The zero-order chi connectivity index (χ0) is 13.1. The van der Waals surface area contributed by atoms with Crippen molar-refractivity contribution in [2.75, 3.05) is 0 Å². The SMILES string of the molecule is CCC1(OC(=O)C(C)(C)CC)CCCC(C)C1. The molecule has 2 unspecified atom stereocenters. The van der Waals surface area contributed by atoms with Crippen LogP contribution in [0, 0.1) is 11.3 Å². The molecule has 2 atom stereocenters. The van der Waals surface area contributed by atoms with Crippen LogP contribution in [0.25, 0.3) is 0 Å². The van der Waals surface area contributed by atoms with E-state index in [4.69, 9.17) is 4.74 Å². The third-order valence-corrected chi connectivity index (χ3v) is 4.44. The Balaban J connectivity index is 2.72. The van der Waals surface area contributed by atoms with E-state index < -0.39 is 0 Å². The fourth-order valence-corrected chi connectivity index (χ4v) is 2.58. The second-order valence-electron chi connectivity index (χ2n) is 6.37. The summed E-state index contributed by atoms with van der Waals surface area (Å²) in [4.78, 5) is 12.2. The minimum atomic E-state index is -0.344. The number of hydrogen-bond donors (Lipinski definition) is 0. The zero-order valence-corrected chi connectivity index (χ0v) is 12.1. The van der Waals surface area contributed by atoms with E-state index in [9.17, 15) is 4.79 Å². The van der Waals surface area contributed by atoms with Gasteiger partial charge in [0.2, 0.25) is 0 Å². The van der Waals surface area contributed by atoms with E-state index in [0.717, 1.165) is 25.7 Å². The third kappa shape index (κ3) is 3.46. The van der Waals surface area contributed by atoms with Crippen molar-refractivity contribution in [3.05, 3.63) is 0 Å². The molecule has 17 heavy (non-hydrogen) atoms. The molecule has 0 N–H and O–H groups in total. The van der Waals surface area contributed by atoms with Gasteiger partial charge in [0.15, 0.2) is 0 Å². The molecule has 0 bridgehead atoms. The number of ether oxygens (including phenoxy) is 1. The Morgan fingerprint density at radius 2 is 2.06 bits per heavy atom. The number of esters is 1. The highest BCUT2D eigenvalue weighted by Crippen LogP contribution is 2.39. The molecular formula is C15H28O2. The first-order valence-electron chi connectivity index (χ1n) is 7.08. The summed E-state index contributed by atoms with van der Waals surface area (Å²) >= 11 is 0. The predicted molar refractivity (Wildman–Crippen MR) is 70.8 cm³/mol. The molecule has 0 aromatic rings. The quantitative estimate of drug-likeness (QED) is 0.684. The van der Waals surface area contributed by atoms with Gasteiger partial charge in [-0.25, -0.2) is 0 Å². The molecule has 0 aromatic heterocycles. The van der Waals surface area contributed by atoms with Gasteiger partial charge in [0.05, 0.1) is 5.41 Å². The van der Waals surface area contributed by atoms with Gasteiger partial charge in [-0.1, -0.05) is 27.2 Å². The Morgan fingerprint density at radius 3 is 2.53 bits per heavy atom. The van der Waals surface area contributed by atoms with Crippen LogP contribution in [0.15, 0.2) is 0 Å². The van der Waals surface area contributed by atoms with Gasteiger partial charge in [-0.05, 0) is 51.9 Å². The third-order valence-electron chi connectivity index (χ3n) is 4.44. The second kappa shape index (κ2) is 5.41. The summed E-state index contributed by atoms with van der Waals surface area (Å²) in [5.74, 6) is 0.664. The summed E-state index contributed by atoms with van der Waals surface area (Å²) in [5.41, 5.74) is -0.524. The first-order valence-corrected chi connectivity index (χ1v) is 7.08. The molecule has 0 amide bonds. The fraction of sp³-hybridized carbons (Fsp3) is 0.933. The molecule has 0 heterocycles. The molecule has 100 valence electrons. The first-order chi connectivity index (χ1) is 7.85. The molecular weight excluding hydrogens is 212 g/mol. The standard InChI is InChI=1S/C15H28O2/c1-6-14(4,5)13(16)17-15(7-2)10-8-9-12(3)11-15/h12H,6-11H2,1-5H3. The molecule has 1 fully saturated rings. The van der Waals surface area contributed by atoms with Crippen molar-refractivity contribution in [3.63, 3.8) is 0 Å². The predicted octanol–water partition coefficient (Wildman–Crippen LogP) is 4.32. The molecule has 1 aliphatic carbocycles. The first kappa shape index (κ1) is 14.5. The van der Waals surface area contributed by atoms with Crippen LogP contribution in [0.3, 0.4) is 0 Å². The Kier molecular flexibility index (Phi) is 4.62. The fourth-order valence-electron chi connectivity index (χ4n) is 2.58. The maximum Gasteiger partial charge on any atom is 0.312 e. The van der Waals surface area contributed by atoms with Crippen LogP contribution in [-0.2, 0) is 9.53 Å². The molecule has 0 aromatic carbocycles. The van der Waals surface area contributed by atoms with Crippen LogP contribution in [0.1, 0.15) is 73.1 Å². The monoisotopic (exact) mass is 240 g/mol. The molecule has 0 spiro atoms. The highest BCUT2D eigenvalue weighted by molar-refractivity contribution is 5.76. The highest BCUT2D eigenvalue weighted by Gasteiger charge is 2.40. The summed E-state index contributed by atoms with van der Waals surface area (Å²) in [7, 11) is 0. The van der Waals surface area contributed by atoms with Crippen molar-refractivity contribution in [2.24, 2.45) is 11.3 Å². The molecule has 2 heteroatoms. The average molecular weight is 240 g/mol. The molecule has 1 rings (SSSR count). The Labute approximate surface area is 106 Å². The lowest BCUT2D eigenvalue weighted by Gasteiger charge is -2.40. The molecule has 0 aliphatic heterocycles. The largest absolute Gasteiger partial charge is 0.459 e. The molecule has 0 saturated heterocycles. The highest BCUT2D eigenvalue weighted by atomic mass is 16.6. The van der Waals surface area contributed by atoms with E-state index in [2.05, 4.69) is 13.8 Å². The number of carbonyl (C=O) groups is 1. The van der Waals surface area contributed by atoms with Crippen molar-refractivity contribution in [1.82, 2.24) is 0 Å². The van der Waals surface area contributed by atoms with E-state index in [1.807, 2.05) is 20.8 Å². The Bertz CT molecular complexity index is 270. The van der Waals surface area contributed by atoms with Crippen LogP contribution in [-0.4, -0.2) is 11.6 Å². The summed E-state index contributed by atoms with van der Waals surface area (Å²) in [5, 5.41) is 0. The summed E-state index contributed by atoms with van der Waals surface area (Å²) in [6, 6.07) is 0. The van der Waals surface area contributed by atoms with Gasteiger partial charge in [-0.15, -0.1) is 0 Å². The normalized spacial score (nSPS) is 30.1. The summed E-state index contributed by atoms with van der Waals surface area (Å²) in [6.07, 6.45) is 6.32. The van der Waals surface area contributed by atoms with E-state index >= 15 is 0 Å². The van der Waals surface area contributed by atoms with Gasteiger partial charge in [-0.3, -0.25) is 4.79 Å². The van der Waals surface area contributed by atoms with E-state index in [1.165, 1.54) is 12.8 Å². The summed E-state index contributed by atoms with van der Waals surface area (Å²) in [6.45, 7) is 10.4.